The quantitative estimate of drug-likeness (QED) is 0.292. The van der Waals surface area contributed by atoms with Gasteiger partial charge in [0.1, 0.15) is 5.75 Å². The molecule has 12 heteroatoms. The van der Waals surface area contributed by atoms with Crippen molar-refractivity contribution >= 4 is 48.0 Å². The van der Waals surface area contributed by atoms with Gasteiger partial charge in [-0.3, -0.25) is 14.4 Å². The molecule has 4 atom stereocenters. The Hall–Kier alpha value is -4.07. The number of piperazine rings is 2. The first-order valence-electron chi connectivity index (χ1n) is 17.6. The Morgan fingerprint density at radius 1 is 0.900 bits per heavy atom. The maximum Gasteiger partial charge on any atom is 0.264 e. The van der Waals surface area contributed by atoms with Crippen molar-refractivity contribution in [1.82, 2.24) is 10.6 Å². The van der Waals surface area contributed by atoms with Crippen LogP contribution in [-0.2, 0) is 31.3 Å². The van der Waals surface area contributed by atoms with E-state index in [1.165, 1.54) is 5.19 Å². The average molecular weight is 698 g/mol. The summed E-state index contributed by atoms with van der Waals surface area (Å²) in [6.45, 7) is 10.2. The number of rotatable bonds is 9. The summed E-state index contributed by atoms with van der Waals surface area (Å²) in [5, 5.41) is 17.8. The minimum absolute atomic E-state index is 0.000114. The number of methoxy groups -OCH3 is 1. The van der Waals surface area contributed by atoms with Gasteiger partial charge in [-0.1, -0.05) is 49.5 Å². The number of hydrogen-bond donors (Lipinski definition) is 3. The Bertz CT molecular complexity index is 1770. The van der Waals surface area contributed by atoms with E-state index in [-0.39, 0.29) is 48.4 Å². The molecule has 3 fully saturated rings. The van der Waals surface area contributed by atoms with Gasteiger partial charge in [-0.25, -0.2) is 0 Å². The van der Waals surface area contributed by atoms with Gasteiger partial charge in [0.2, 0.25) is 11.8 Å². The van der Waals surface area contributed by atoms with Crippen LogP contribution in [0.15, 0.2) is 66.7 Å². The van der Waals surface area contributed by atoms with E-state index in [1.54, 1.807) is 16.9 Å². The molecule has 3 saturated heterocycles. The predicted octanol–water partition coefficient (Wildman–Crippen LogP) is 2.71. The van der Waals surface area contributed by atoms with E-state index in [9.17, 15) is 14.7 Å². The normalized spacial score (nSPS) is 25.5. The highest BCUT2D eigenvalue weighted by Crippen LogP contribution is 2.60. The lowest BCUT2D eigenvalue weighted by Crippen LogP contribution is -2.52. The Morgan fingerprint density at radius 2 is 1.52 bits per heavy atom. The highest BCUT2D eigenvalue weighted by molar-refractivity contribution is 6.91. The number of fused-ring (bicyclic) bond motifs is 2. The largest absolute Gasteiger partial charge is 0.497 e. The van der Waals surface area contributed by atoms with Crippen LogP contribution in [0.3, 0.4) is 0 Å². The Balaban J connectivity index is 1.29. The molecule has 3 amide bonds. The number of nitrogens with zero attached hydrogens (tertiary/aromatic N) is 3. The van der Waals surface area contributed by atoms with Crippen LogP contribution in [-0.4, -0.2) is 90.0 Å². The third-order valence-corrected chi connectivity index (χ3v) is 15.7. The lowest BCUT2D eigenvalue weighted by molar-refractivity contribution is -0.146. The molecule has 4 heterocycles. The summed E-state index contributed by atoms with van der Waals surface area (Å²) in [5.74, 6) is 0.452. The van der Waals surface area contributed by atoms with Crippen molar-refractivity contribution in [2.75, 3.05) is 67.7 Å². The van der Waals surface area contributed by atoms with Gasteiger partial charge in [0, 0.05) is 55.6 Å². The molecule has 0 saturated carbocycles. The smallest absolute Gasteiger partial charge is 0.264 e. The number of aliphatic hydroxyl groups is 1. The molecule has 4 aliphatic rings. The highest BCUT2D eigenvalue weighted by atomic mass is 28.3. The van der Waals surface area contributed by atoms with Crippen molar-refractivity contribution in [3.8, 4) is 5.75 Å². The molecule has 0 aromatic heterocycles. The summed E-state index contributed by atoms with van der Waals surface area (Å²) in [6, 6.07) is 21.9. The van der Waals surface area contributed by atoms with E-state index in [2.05, 4.69) is 42.8 Å². The van der Waals surface area contributed by atoms with Crippen LogP contribution in [0.25, 0.3) is 0 Å². The first-order valence-corrected chi connectivity index (χ1v) is 20.7. The van der Waals surface area contributed by atoms with Crippen LogP contribution in [0.1, 0.15) is 24.5 Å². The van der Waals surface area contributed by atoms with Crippen LogP contribution in [0.2, 0.25) is 18.6 Å². The molecule has 7 rings (SSSR count). The molecule has 0 unspecified atom stereocenters. The van der Waals surface area contributed by atoms with E-state index in [0.29, 0.717) is 39.1 Å². The van der Waals surface area contributed by atoms with Gasteiger partial charge >= 0.3 is 0 Å². The van der Waals surface area contributed by atoms with Crippen molar-refractivity contribution < 1.29 is 29.0 Å². The summed E-state index contributed by atoms with van der Waals surface area (Å²) in [6.07, 6.45) is 0.0598. The molecule has 0 radical (unpaired) electrons. The van der Waals surface area contributed by atoms with Gasteiger partial charge in [-0.2, -0.15) is 0 Å². The second kappa shape index (κ2) is 13.6. The lowest BCUT2D eigenvalue weighted by atomic mass is 9.82. The fraction of sp³-hybridized carbons (Fsp3) is 0.447. The minimum atomic E-state index is -2.34. The number of aliphatic hydroxyl groups excluding tert-OH is 1. The minimum Gasteiger partial charge on any atom is -0.497 e. The van der Waals surface area contributed by atoms with Crippen LogP contribution >= 0.6 is 0 Å². The third-order valence-electron chi connectivity index (χ3n) is 11.3. The average Bonchev–Trinajstić information content (AvgIpc) is 3.55. The molecular weight excluding hydrogens is 651 g/mol. The Kier molecular flexibility index (Phi) is 9.33. The summed E-state index contributed by atoms with van der Waals surface area (Å²) >= 11 is 0. The second-order valence-electron chi connectivity index (χ2n) is 14.4. The zero-order chi connectivity index (χ0) is 35.2. The number of carbonyl (C=O) groups excluding carboxylic acids is 3. The van der Waals surface area contributed by atoms with Crippen molar-refractivity contribution in [2.24, 2.45) is 5.92 Å². The van der Waals surface area contributed by atoms with Gasteiger partial charge in [-0.05, 0) is 60.0 Å². The molecule has 50 heavy (non-hydrogen) atoms. The SMILES string of the molecule is COc1ccc([Si](C)(C)[C@@H]2[C@@H](CCO)O[C@]3(C(=O)N(Cc4ccc(N5CCNCC5=O)cc4)c4ccc(N5CCNCC5=O)cc43)[C@H]2C)cc1. The maximum atomic E-state index is 15.1. The van der Waals surface area contributed by atoms with E-state index in [1.807, 2.05) is 59.5 Å². The molecule has 11 nitrogen and oxygen atoms in total. The Labute approximate surface area is 294 Å². The molecule has 0 aliphatic carbocycles. The number of nitrogens with one attached hydrogen (secondary N) is 2. The predicted molar refractivity (Wildman–Crippen MR) is 196 cm³/mol. The summed E-state index contributed by atoms with van der Waals surface area (Å²) in [5.41, 5.74) is 2.75. The van der Waals surface area contributed by atoms with Crippen molar-refractivity contribution in [3.05, 3.63) is 77.9 Å². The van der Waals surface area contributed by atoms with Crippen LogP contribution in [0.4, 0.5) is 17.1 Å². The van der Waals surface area contributed by atoms with Gasteiger partial charge in [0.05, 0.1) is 46.6 Å². The molecule has 3 aromatic rings. The molecule has 1 spiro atoms. The number of benzene rings is 3. The molecular formula is C38H47N5O6Si. The van der Waals surface area contributed by atoms with Crippen LogP contribution in [0.5, 0.6) is 5.75 Å². The van der Waals surface area contributed by atoms with Gasteiger partial charge in [0.25, 0.3) is 5.91 Å². The molecule has 264 valence electrons. The summed E-state index contributed by atoms with van der Waals surface area (Å²) < 4.78 is 12.6. The Morgan fingerprint density at radius 3 is 2.12 bits per heavy atom. The lowest BCUT2D eigenvalue weighted by Gasteiger charge is -2.37. The van der Waals surface area contributed by atoms with Gasteiger partial charge in [-0.15, -0.1) is 0 Å². The number of hydrogen-bond acceptors (Lipinski definition) is 8. The van der Waals surface area contributed by atoms with E-state index in [4.69, 9.17) is 9.47 Å². The van der Waals surface area contributed by atoms with Crippen LogP contribution in [0, 0.1) is 5.92 Å². The standard InChI is InChI=1S/C38H47N5O6Si/c1-25-36(50(3,4)30-12-10-29(48-2)11-13-30)33(15-20-44)49-38(25)31-21-28(42-19-17-40-23-35(42)46)9-14-32(31)43(37(38)47)24-26-5-7-27(8-6-26)41-18-16-39-22-34(41)45/h5-14,21,25,33,36,39-40,44H,15-20,22-24H2,1-4H3/t25-,33+,36-,38+/m0/s1. The zero-order valence-corrected chi connectivity index (χ0v) is 30.3. The zero-order valence-electron chi connectivity index (χ0n) is 29.3. The molecule has 0 bridgehead atoms. The first-order chi connectivity index (χ1) is 24.1. The fourth-order valence-electron chi connectivity index (χ4n) is 8.75. The topological polar surface area (TPSA) is 124 Å². The number of carbonyl (C=O) groups is 3. The monoisotopic (exact) mass is 697 g/mol. The van der Waals surface area contributed by atoms with Crippen molar-refractivity contribution in [2.45, 2.75) is 50.2 Å². The van der Waals surface area contributed by atoms with Gasteiger partial charge in [0.15, 0.2) is 5.60 Å². The third kappa shape index (κ3) is 5.72. The van der Waals surface area contributed by atoms with Crippen molar-refractivity contribution in [1.29, 1.82) is 0 Å². The number of anilines is 3. The fourth-order valence-corrected chi connectivity index (χ4v) is 12.8. The second-order valence-corrected chi connectivity index (χ2v) is 19.1. The molecule has 4 aliphatic heterocycles. The van der Waals surface area contributed by atoms with Crippen LogP contribution < -0.4 is 35.3 Å². The highest BCUT2D eigenvalue weighted by Gasteiger charge is 2.66. The van der Waals surface area contributed by atoms with E-state index < -0.39 is 13.7 Å². The summed E-state index contributed by atoms with van der Waals surface area (Å²) in [7, 11) is -0.686. The molecule has 3 aromatic carbocycles. The first kappa shape index (κ1) is 34.4. The molecule has 3 N–H and O–H groups in total. The number of amides is 3. The summed E-state index contributed by atoms with van der Waals surface area (Å²) in [4.78, 5) is 46.1. The van der Waals surface area contributed by atoms with Gasteiger partial charge < -0.3 is 39.9 Å². The maximum absolute atomic E-state index is 15.1. The van der Waals surface area contributed by atoms with E-state index in [0.717, 1.165) is 40.5 Å². The van der Waals surface area contributed by atoms with E-state index >= 15 is 4.79 Å². The number of ether oxygens (including phenoxy) is 2. The van der Waals surface area contributed by atoms with Crippen molar-refractivity contribution in [3.63, 3.8) is 0 Å².